The Kier molecular flexibility index (Phi) is 4.77. The third kappa shape index (κ3) is 3.93. The normalized spacial score (nSPS) is 15.7. The molecular formula is C15H20FN3O2. The van der Waals surface area contributed by atoms with Crippen LogP contribution in [0.5, 0.6) is 0 Å². The third-order valence-corrected chi connectivity index (χ3v) is 3.87. The number of piperidine rings is 1. The van der Waals surface area contributed by atoms with Crippen LogP contribution in [0.3, 0.4) is 0 Å². The van der Waals surface area contributed by atoms with E-state index < -0.39 is 0 Å². The molecule has 21 heavy (non-hydrogen) atoms. The van der Waals surface area contributed by atoms with Gasteiger partial charge in [-0.15, -0.1) is 0 Å². The molecule has 6 heteroatoms. The molecule has 0 unspecified atom stereocenters. The molecule has 2 rings (SSSR count). The molecule has 1 aromatic carbocycles. The van der Waals surface area contributed by atoms with Gasteiger partial charge in [0.25, 0.3) is 0 Å². The van der Waals surface area contributed by atoms with E-state index in [0.717, 1.165) is 12.8 Å². The number of halogens is 1. The van der Waals surface area contributed by atoms with Crippen LogP contribution in [-0.2, 0) is 4.79 Å². The molecule has 1 aliphatic rings. The zero-order valence-electron chi connectivity index (χ0n) is 12.3. The van der Waals surface area contributed by atoms with Gasteiger partial charge in [0.15, 0.2) is 0 Å². The Labute approximate surface area is 123 Å². The van der Waals surface area contributed by atoms with E-state index in [0.29, 0.717) is 18.8 Å². The fourth-order valence-electron chi connectivity index (χ4n) is 2.48. The Balaban J connectivity index is 1.87. The van der Waals surface area contributed by atoms with Crippen molar-refractivity contribution in [3.8, 4) is 0 Å². The molecule has 0 bridgehead atoms. The van der Waals surface area contributed by atoms with Crippen LogP contribution >= 0.6 is 0 Å². The first-order chi connectivity index (χ1) is 9.97. The molecule has 0 aromatic heterocycles. The van der Waals surface area contributed by atoms with E-state index in [9.17, 15) is 14.0 Å². The van der Waals surface area contributed by atoms with E-state index in [2.05, 4.69) is 5.32 Å². The first kappa shape index (κ1) is 15.3. The summed E-state index contributed by atoms with van der Waals surface area (Å²) in [5, 5.41) is 2.69. The maximum absolute atomic E-state index is 13.1. The van der Waals surface area contributed by atoms with Gasteiger partial charge < -0.3 is 15.1 Å². The quantitative estimate of drug-likeness (QED) is 0.909. The second kappa shape index (κ2) is 6.56. The number of nitrogens with zero attached hydrogens (tertiary/aromatic N) is 2. The predicted octanol–water partition coefficient (Wildman–Crippen LogP) is 2.30. The van der Waals surface area contributed by atoms with Crippen LogP contribution in [0, 0.1) is 5.82 Å². The molecule has 0 spiro atoms. The van der Waals surface area contributed by atoms with Gasteiger partial charge in [-0.2, -0.15) is 0 Å². The number of carbonyl (C=O) groups excluding carboxylic acids is 2. The fraction of sp³-hybridized carbons (Fsp3) is 0.467. The zero-order valence-corrected chi connectivity index (χ0v) is 12.3. The highest BCUT2D eigenvalue weighted by atomic mass is 19.1. The summed E-state index contributed by atoms with van der Waals surface area (Å²) in [5.41, 5.74) is 0.447. The monoisotopic (exact) mass is 293 g/mol. The number of hydrogen-bond donors (Lipinski definition) is 1. The van der Waals surface area contributed by atoms with Crippen LogP contribution in [0.15, 0.2) is 24.3 Å². The predicted molar refractivity (Wildman–Crippen MR) is 78.5 cm³/mol. The minimum absolute atomic E-state index is 0.0395. The van der Waals surface area contributed by atoms with Gasteiger partial charge >= 0.3 is 6.03 Å². The first-order valence-corrected chi connectivity index (χ1v) is 7.02. The Hall–Kier alpha value is -2.11. The van der Waals surface area contributed by atoms with E-state index in [4.69, 9.17) is 0 Å². The lowest BCUT2D eigenvalue weighted by atomic mass is 10.0. The standard InChI is InChI=1S/C15H20FN3O2/c1-11(20)18(2)14-6-8-19(9-7-14)15(21)17-13-5-3-4-12(16)10-13/h3-5,10,14H,6-9H2,1-2H3,(H,17,21). The van der Waals surface area contributed by atoms with Crippen LogP contribution in [0.1, 0.15) is 19.8 Å². The van der Waals surface area contributed by atoms with Crippen LogP contribution in [0.2, 0.25) is 0 Å². The molecule has 114 valence electrons. The van der Waals surface area contributed by atoms with Crippen molar-refractivity contribution in [3.63, 3.8) is 0 Å². The summed E-state index contributed by atoms with van der Waals surface area (Å²) in [5.74, 6) is -0.341. The maximum atomic E-state index is 13.1. The van der Waals surface area contributed by atoms with E-state index in [-0.39, 0.29) is 23.8 Å². The zero-order chi connectivity index (χ0) is 15.4. The summed E-state index contributed by atoms with van der Waals surface area (Å²) < 4.78 is 13.1. The van der Waals surface area contributed by atoms with Gasteiger partial charge in [-0.05, 0) is 31.0 Å². The van der Waals surface area contributed by atoms with Gasteiger partial charge in [-0.25, -0.2) is 9.18 Å². The van der Waals surface area contributed by atoms with Crippen molar-refractivity contribution in [2.75, 3.05) is 25.5 Å². The summed E-state index contributed by atoms with van der Waals surface area (Å²) in [6.45, 7) is 2.72. The minimum atomic E-state index is -0.380. The van der Waals surface area contributed by atoms with Crippen molar-refractivity contribution in [2.45, 2.75) is 25.8 Å². The van der Waals surface area contributed by atoms with Gasteiger partial charge in [-0.1, -0.05) is 6.07 Å². The van der Waals surface area contributed by atoms with Crippen LogP contribution in [-0.4, -0.2) is 47.9 Å². The van der Waals surface area contributed by atoms with E-state index in [1.165, 1.54) is 12.1 Å². The summed E-state index contributed by atoms with van der Waals surface area (Å²) in [4.78, 5) is 26.8. The van der Waals surface area contributed by atoms with Crippen molar-refractivity contribution in [3.05, 3.63) is 30.1 Å². The number of nitrogens with one attached hydrogen (secondary N) is 1. The highest BCUT2D eigenvalue weighted by Gasteiger charge is 2.26. The number of hydrogen-bond acceptors (Lipinski definition) is 2. The molecule has 1 aliphatic heterocycles. The number of likely N-dealkylation sites (tertiary alicyclic amines) is 1. The molecule has 0 saturated carbocycles. The Morgan fingerprint density at radius 2 is 2.00 bits per heavy atom. The van der Waals surface area contributed by atoms with Gasteiger partial charge in [0.1, 0.15) is 5.82 Å². The third-order valence-electron chi connectivity index (χ3n) is 3.87. The number of benzene rings is 1. The molecule has 5 nitrogen and oxygen atoms in total. The topological polar surface area (TPSA) is 52.7 Å². The van der Waals surface area contributed by atoms with Crippen molar-refractivity contribution in [1.29, 1.82) is 0 Å². The number of carbonyl (C=O) groups is 2. The van der Waals surface area contributed by atoms with Gasteiger partial charge in [0.2, 0.25) is 5.91 Å². The smallest absolute Gasteiger partial charge is 0.321 e. The van der Waals surface area contributed by atoms with Gasteiger partial charge in [0.05, 0.1) is 0 Å². The lowest BCUT2D eigenvalue weighted by Gasteiger charge is -2.36. The lowest BCUT2D eigenvalue weighted by molar-refractivity contribution is -0.130. The molecular weight excluding hydrogens is 273 g/mol. The largest absolute Gasteiger partial charge is 0.343 e. The summed E-state index contributed by atoms with van der Waals surface area (Å²) in [7, 11) is 1.79. The van der Waals surface area contributed by atoms with E-state index in [1.54, 1.807) is 35.9 Å². The lowest BCUT2D eigenvalue weighted by Crippen LogP contribution is -2.47. The molecule has 1 fully saturated rings. The van der Waals surface area contributed by atoms with Crippen molar-refractivity contribution in [2.24, 2.45) is 0 Å². The van der Waals surface area contributed by atoms with E-state index >= 15 is 0 Å². The molecule has 1 heterocycles. The number of rotatable bonds is 2. The molecule has 1 saturated heterocycles. The van der Waals surface area contributed by atoms with Gasteiger partial charge in [-0.3, -0.25) is 4.79 Å². The SMILES string of the molecule is CC(=O)N(C)C1CCN(C(=O)Nc2cccc(F)c2)CC1. The first-order valence-electron chi connectivity index (χ1n) is 7.02. The molecule has 0 radical (unpaired) electrons. The number of anilines is 1. The molecule has 0 aliphatic carbocycles. The summed E-state index contributed by atoms with van der Waals surface area (Å²) in [6, 6.07) is 5.77. The van der Waals surface area contributed by atoms with Gasteiger partial charge in [0, 0.05) is 38.8 Å². The second-order valence-electron chi connectivity index (χ2n) is 5.29. The second-order valence-corrected chi connectivity index (χ2v) is 5.29. The number of amides is 3. The minimum Gasteiger partial charge on any atom is -0.343 e. The van der Waals surface area contributed by atoms with E-state index in [1.807, 2.05) is 0 Å². The average molecular weight is 293 g/mol. The van der Waals surface area contributed by atoms with Crippen molar-refractivity contribution >= 4 is 17.6 Å². The Morgan fingerprint density at radius 1 is 1.33 bits per heavy atom. The fourth-order valence-corrected chi connectivity index (χ4v) is 2.48. The molecule has 1 aromatic rings. The van der Waals surface area contributed by atoms with Crippen LogP contribution in [0.4, 0.5) is 14.9 Å². The van der Waals surface area contributed by atoms with Crippen LogP contribution in [0.25, 0.3) is 0 Å². The Bertz CT molecular complexity index is 527. The Morgan fingerprint density at radius 3 is 2.57 bits per heavy atom. The number of urea groups is 1. The highest BCUT2D eigenvalue weighted by Crippen LogP contribution is 2.17. The maximum Gasteiger partial charge on any atom is 0.321 e. The van der Waals surface area contributed by atoms with Crippen molar-refractivity contribution in [1.82, 2.24) is 9.80 Å². The highest BCUT2D eigenvalue weighted by molar-refractivity contribution is 5.89. The average Bonchev–Trinajstić information content (AvgIpc) is 2.46. The summed E-state index contributed by atoms with van der Waals surface area (Å²) in [6.07, 6.45) is 1.51. The molecule has 3 amide bonds. The van der Waals surface area contributed by atoms with Crippen LogP contribution < -0.4 is 5.32 Å². The molecule has 0 atom stereocenters. The summed E-state index contributed by atoms with van der Waals surface area (Å²) >= 11 is 0. The molecule has 1 N–H and O–H groups in total. The van der Waals surface area contributed by atoms with Crippen molar-refractivity contribution < 1.29 is 14.0 Å².